The quantitative estimate of drug-likeness (QED) is 0.584. The van der Waals surface area contributed by atoms with Crippen LogP contribution in [0.2, 0.25) is 0 Å². The van der Waals surface area contributed by atoms with Crippen LogP contribution >= 0.6 is 15.9 Å². The summed E-state index contributed by atoms with van der Waals surface area (Å²) >= 11 is 3.50. The summed E-state index contributed by atoms with van der Waals surface area (Å²) in [6.45, 7) is 3.33. The minimum Gasteiger partial charge on any atom is -0.463 e. The van der Waals surface area contributed by atoms with Crippen molar-refractivity contribution in [2.45, 2.75) is 13.5 Å². The number of hydrogen-bond acceptors (Lipinski definition) is 3. The highest BCUT2D eigenvalue weighted by Gasteiger charge is 2.11. The summed E-state index contributed by atoms with van der Waals surface area (Å²) in [7, 11) is 0. The van der Waals surface area contributed by atoms with Crippen LogP contribution in [0.25, 0.3) is 6.08 Å². The maximum atomic E-state index is 12.2. The van der Waals surface area contributed by atoms with E-state index in [0.717, 1.165) is 10.0 Å². The molecule has 0 radical (unpaired) electrons. The van der Waals surface area contributed by atoms with Crippen LogP contribution in [-0.2, 0) is 16.1 Å². The average molecular weight is 374 g/mol. The van der Waals surface area contributed by atoms with Crippen molar-refractivity contribution in [2.75, 3.05) is 13.2 Å². The molecule has 0 fully saturated rings. The lowest BCUT2D eigenvalue weighted by Crippen LogP contribution is -2.22. The van der Waals surface area contributed by atoms with Crippen molar-refractivity contribution in [3.63, 3.8) is 0 Å². The van der Waals surface area contributed by atoms with Crippen molar-refractivity contribution in [1.29, 1.82) is 0 Å². The first-order valence-corrected chi connectivity index (χ1v) is 8.37. The third-order valence-corrected chi connectivity index (χ3v) is 3.98. The van der Waals surface area contributed by atoms with Gasteiger partial charge in [0.1, 0.15) is 0 Å². The third-order valence-electron chi connectivity index (χ3n) is 3.26. The predicted molar refractivity (Wildman–Crippen MR) is 96.9 cm³/mol. The molecule has 0 aliphatic carbocycles. The molecule has 0 saturated carbocycles. The maximum absolute atomic E-state index is 12.2. The van der Waals surface area contributed by atoms with Crippen molar-refractivity contribution in [3.05, 3.63) is 75.8 Å². The standard InChI is InChI=1S/C19H20BrNO2/c1-2-23-19(22)17(12-16-10-6-7-11-18(16)20)14-21-13-15-8-4-3-5-9-15/h3-12,21H,2,13-14H2,1H3/b17-12+. The molecule has 0 unspecified atom stereocenters. The summed E-state index contributed by atoms with van der Waals surface area (Å²) < 4.78 is 6.11. The Morgan fingerprint density at radius 2 is 1.83 bits per heavy atom. The molecule has 23 heavy (non-hydrogen) atoms. The van der Waals surface area contributed by atoms with Crippen LogP contribution in [0.3, 0.4) is 0 Å². The lowest BCUT2D eigenvalue weighted by Gasteiger charge is -2.10. The SMILES string of the molecule is CCOC(=O)/C(=C/c1ccccc1Br)CNCc1ccccc1. The smallest absolute Gasteiger partial charge is 0.335 e. The van der Waals surface area contributed by atoms with Gasteiger partial charge in [0.25, 0.3) is 0 Å². The molecule has 2 rings (SSSR count). The number of ether oxygens (including phenoxy) is 1. The van der Waals surface area contributed by atoms with E-state index in [1.54, 1.807) is 0 Å². The molecule has 2 aromatic rings. The Labute approximate surface area is 145 Å². The summed E-state index contributed by atoms with van der Waals surface area (Å²) in [6.07, 6.45) is 1.86. The molecule has 0 aliphatic heterocycles. The fourth-order valence-electron chi connectivity index (χ4n) is 2.12. The van der Waals surface area contributed by atoms with E-state index in [9.17, 15) is 4.79 Å². The predicted octanol–water partition coefficient (Wildman–Crippen LogP) is 4.19. The van der Waals surface area contributed by atoms with Gasteiger partial charge in [0.15, 0.2) is 0 Å². The maximum Gasteiger partial charge on any atom is 0.335 e. The molecule has 4 heteroatoms. The minimum absolute atomic E-state index is 0.288. The summed E-state index contributed by atoms with van der Waals surface area (Å²) in [4.78, 5) is 12.2. The Bertz CT molecular complexity index is 668. The van der Waals surface area contributed by atoms with E-state index in [0.29, 0.717) is 25.3 Å². The number of rotatable bonds is 7. The number of hydrogen-bond donors (Lipinski definition) is 1. The van der Waals surface area contributed by atoms with E-state index >= 15 is 0 Å². The van der Waals surface area contributed by atoms with Crippen molar-refractivity contribution in [1.82, 2.24) is 5.32 Å². The number of carbonyl (C=O) groups is 1. The van der Waals surface area contributed by atoms with E-state index in [-0.39, 0.29) is 5.97 Å². The van der Waals surface area contributed by atoms with Crippen LogP contribution in [0, 0.1) is 0 Å². The molecule has 0 heterocycles. The van der Waals surface area contributed by atoms with Crippen LogP contribution < -0.4 is 5.32 Å². The zero-order valence-corrected chi connectivity index (χ0v) is 14.7. The van der Waals surface area contributed by atoms with E-state index in [1.165, 1.54) is 5.56 Å². The number of halogens is 1. The molecule has 1 N–H and O–H groups in total. The van der Waals surface area contributed by atoms with Crippen molar-refractivity contribution < 1.29 is 9.53 Å². The first-order chi connectivity index (χ1) is 11.2. The second kappa shape index (κ2) is 9.28. The first kappa shape index (κ1) is 17.4. The molecule has 3 nitrogen and oxygen atoms in total. The molecule has 0 atom stereocenters. The lowest BCUT2D eigenvalue weighted by molar-refractivity contribution is -0.138. The molecule has 0 bridgehead atoms. The lowest BCUT2D eigenvalue weighted by atomic mass is 10.1. The van der Waals surface area contributed by atoms with Gasteiger partial charge < -0.3 is 10.1 Å². The van der Waals surface area contributed by atoms with Crippen molar-refractivity contribution >= 4 is 28.0 Å². The Balaban J connectivity index is 2.08. The average Bonchev–Trinajstić information content (AvgIpc) is 2.57. The highest BCUT2D eigenvalue weighted by Crippen LogP contribution is 2.19. The van der Waals surface area contributed by atoms with Gasteiger partial charge in [-0.2, -0.15) is 0 Å². The number of nitrogens with one attached hydrogen (secondary N) is 1. The fraction of sp³-hybridized carbons (Fsp3) is 0.211. The fourth-order valence-corrected chi connectivity index (χ4v) is 2.52. The molecule has 0 saturated heterocycles. The molecular weight excluding hydrogens is 354 g/mol. The van der Waals surface area contributed by atoms with E-state index < -0.39 is 0 Å². The number of carbonyl (C=O) groups excluding carboxylic acids is 1. The number of esters is 1. The minimum atomic E-state index is -0.288. The van der Waals surface area contributed by atoms with Crippen molar-refractivity contribution in [3.8, 4) is 0 Å². The molecule has 0 spiro atoms. The van der Waals surface area contributed by atoms with E-state index in [2.05, 4.69) is 33.4 Å². The molecular formula is C19H20BrNO2. The van der Waals surface area contributed by atoms with Gasteiger partial charge >= 0.3 is 5.97 Å². The van der Waals surface area contributed by atoms with Gasteiger partial charge in [-0.25, -0.2) is 4.79 Å². The Hall–Kier alpha value is -1.91. The van der Waals surface area contributed by atoms with Gasteiger partial charge in [-0.15, -0.1) is 0 Å². The van der Waals surface area contributed by atoms with Gasteiger partial charge in [0.2, 0.25) is 0 Å². The Morgan fingerprint density at radius 3 is 2.52 bits per heavy atom. The molecule has 0 amide bonds. The third kappa shape index (κ3) is 5.66. The normalized spacial score (nSPS) is 11.3. The topological polar surface area (TPSA) is 38.3 Å². The second-order valence-corrected chi connectivity index (χ2v) is 5.86. The van der Waals surface area contributed by atoms with E-state index in [4.69, 9.17) is 4.74 Å². The van der Waals surface area contributed by atoms with Crippen LogP contribution in [0.15, 0.2) is 64.6 Å². The van der Waals surface area contributed by atoms with Crippen molar-refractivity contribution in [2.24, 2.45) is 0 Å². The largest absolute Gasteiger partial charge is 0.463 e. The molecule has 120 valence electrons. The van der Waals surface area contributed by atoms with Gasteiger partial charge in [0, 0.05) is 17.6 Å². The summed E-state index contributed by atoms with van der Waals surface area (Å²) in [5.41, 5.74) is 2.74. The Morgan fingerprint density at radius 1 is 1.13 bits per heavy atom. The van der Waals surface area contributed by atoms with Gasteiger partial charge in [-0.3, -0.25) is 0 Å². The van der Waals surface area contributed by atoms with Crippen LogP contribution in [0.1, 0.15) is 18.1 Å². The zero-order chi connectivity index (χ0) is 16.5. The van der Waals surface area contributed by atoms with Crippen LogP contribution in [0.5, 0.6) is 0 Å². The van der Waals surface area contributed by atoms with Crippen LogP contribution in [-0.4, -0.2) is 19.1 Å². The van der Waals surface area contributed by atoms with Gasteiger partial charge in [0.05, 0.1) is 12.2 Å². The van der Waals surface area contributed by atoms with Crippen LogP contribution in [0.4, 0.5) is 0 Å². The molecule has 0 aliphatic rings. The zero-order valence-electron chi connectivity index (χ0n) is 13.1. The number of benzene rings is 2. The highest BCUT2D eigenvalue weighted by atomic mass is 79.9. The molecule has 0 aromatic heterocycles. The van der Waals surface area contributed by atoms with E-state index in [1.807, 2.05) is 55.5 Å². The van der Waals surface area contributed by atoms with Gasteiger partial charge in [-0.05, 0) is 30.2 Å². The summed E-state index contributed by atoms with van der Waals surface area (Å²) in [5.74, 6) is -0.288. The van der Waals surface area contributed by atoms with Gasteiger partial charge in [-0.1, -0.05) is 64.5 Å². The first-order valence-electron chi connectivity index (χ1n) is 7.57. The highest BCUT2D eigenvalue weighted by molar-refractivity contribution is 9.10. The summed E-state index contributed by atoms with van der Waals surface area (Å²) in [6, 6.07) is 17.9. The molecule has 2 aromatic carbocycles. The second-order valence-electron chi connectivity index (χ2n) is 5.00. The summed E-state index contributed by atoms with van der Waals surface area (Å²) in [5, 5.41) is 3.30. The Kier molecular flexibility index (Phi) is 7.04. The monoisotopic (exact) mass is 373 g/mol.